The van der Waals surface area contributed by atoms with Crippen molar-refractivity contribution in [2.75, 3.05) is 0 Å². The van der Waals surface area contributed by atoms with Crippen molar-refractivity contribution in [2.24, 2.45) is 0 Å². The highest BCUT2D eigenvalue weighted by atomic mass is 79.9. The summed E-state index contributed by atoms with van der Waals surface area (Å²) < 4.78 is 11.1. The molecule has 0 aliphatic carbocycles. The number of benzene rings is 2. The normalized spacial score (nSPS) is 11.4. The predicted octanol–water partition coefficient (Wildman–Crippen LogP) is 4.92. The standard InChI is InChI=1S/C15H15BrO3/c1-15(2,3)19-14(17)18-13-9-11-7-5-4-6-10(11)8-12(13)16/h4-9H,1-3H3. The van der Waals surface area contributed by atoms with Crippen molar-refractivity contribution in [3.63, 3.8) is 0 Å². The fourth-order valence-electron chi connectivity index (χ4n) is 1.63. The van der Waals surface area contributed by atoms with Crippen molar-refractivity contribution in [1.82, 2.24) is 0 Å². The number of carbonyl (C=O) groups is 1. The Balaban J connectivity index is 2.25. The smallest absolute Gasteiger partial charge is 0.428 e. The Morgan fingerprint density at radius 3 is 2.26 bits per heavy atom. The molecule has 0 fully saturated rings. The zero-order valence-corrected chi connectivity index (χ0v) is 12.7. The van der Waals surface area contributed by atoms with Crippen LogP contribution in [0.2, 0.25) is 0 Å². The molecular formula is C15H15BrO3. The Hall–Kier alpha value is -1.55. The lowest BCUT2D eigenvalue weighted by atomic mass is 10.1. The van der Waals surface area contributed by atoms with E-state index in [-0.39, 0.29) is 0 Å². The number of hydrogen-bond donors (Lipinski definition) is 0. The fourth-order valence-corrected chi connectivity index (χ4v) is 2.07. The van der Waals surface area contributed by atoms with Gasteiger partial charge in [-0.1, -0.05) is 24.3 Å². The van der Waals surface area contributed by atoms with Crippen LogP contribution >= 0.6 is 15.9 Å². The number of ether oxygens (including phenoxy) is 2. The van der Waals surface area contributed by atoms with Crippen molar-refractivity contribution in [3.05, 3.63) is 40.9 Å². The number of halogens is 1. The van der Waals surface area contributed by atoms with Crippen molar-refractivity contribution in [1.29, 1.82) is 0 Å². The van der Waals surface area contributed by atoms with Gasteiger partial charge in [-0.25, -0.2) is 4.79 Å². The highest BCUT2D eigenvalue weighted by Crippen LogP contribution is 2.31. The van der Waals surface area contributed by atoms with Gasteiger partial charge < -0.3 is 9.47 Å². The molecule has 2 aromatic carbocycles. The van der Waals surface area contributed by atoms with Crippen LogP contribution in [0.15, 0.2) is 40.9 Å². The minimum atomic E-state index is -0.705. The largest absolute Gasteiger partial charge is 0.514 e. The van der Waals surface area contributed by atoms with E-state index < -0.39 is 11.8 Å². The van der Waals surface area contributed by atoms with Crippen LogP contribution < -0.4 is 4.74 Å². The van der Waals surface area contributed by atoms with E-state index in [4.69, 9.17) is 9.47 Å². The van der Waals surface area contributed by atoms with Gasteiger partial charge in [-0.3, -0.25) is 0 Å². The van der Waals surface area contributed by atoms with E-state index in [0.29, 0.717) is 5.75 Å². The maximum Gasteiger partial charge on any atom is 0.514 e. The maximum absolute atomic E-state index is 11.7. The number of hydrogen-bond acceptors (Lipinski definition) is 3. The minimum absolute atomic E-state index is 0.452. The molecule has 0 unspecified atom stereocenters. The third-order valence-corrected chi connectivity index (χ3v) is 3.00. The summed E-state index contributed by atoms with van der Waals surface area (Å²) in [6.45, 7) is 5.39. The molecule has 2 aromatic rings. The summed E-state index contributed by atoms with van der Waals surface area (Å²) in [4.78, 5) is 11.7. The number of carbonyl (C=O) groups excluding carboxylic acids is 1. The first-order valence-corrected chi connectivity index (χ1v) is 6.73. The molecule has 0 heterocycles. The lowest BCUT2D eigenvalue weighted by Gasteiger charge is -2.19. The Kier molecular flexibility index (Phi) is 3.80. The van der Waals surface area contributed by atoms with Gasteiger partial charge in [0.2, 0.25) is 0 Å². The quantitative estimate of drug-likeness (QED) is 0.552. The van der Waals surface area contributed by atoms with E-state index in [1.54, 1.807) is 20.8 Å². The summed E-state index contributed by atoms with van der Waals surface area (Å²) in [5, 5.41) is 2.08. The summed E-state index contributed by atoms with van der Waals surface area (Å²) in [6, 6.07) is 11.6. The van der Waals surface area contributed by atoms with Crippen LogP contribution in [0.4, 0.5) is 4.79 Å². The molecule has 19 heavy (non-hydrogen) atoms. The van der Waals surface area contributed by atoms with Gasteiger partial charge >= 0.3 is 6.16 Å². The van der Waals surface area contributed by atoms with E-state index in [9.17, 15) is 4.79 Å². The van der Waals surface area contributed by atoms with E-state index in [0.717, 1.165) is 15.2 Å². The molecule has 2 rings (SSSR count). The molecule has 4 heteroatoms. The first-order chi connectivity index (χ1) is 8.85. The van der Waals surface area contributed by atoms with E-state index >= 15 is 0 Å². The zero-order valence-electron chi connectivity index (χ0n) is 11.1. The van der Waals surface area contributed by atoms with Gasteiger partial charge in [0.05, 0.1) is 4.47 Å². The van der Waals surface area contributed by atoms with Crippen molar-refractivity contribution >= 4 is 32.9 Å². The van der Waals surface area contributed by atoms with E-state index in [2.05, 4.69) is 15.9 Å². The molecule has 0 atom stereocenters. The van der Waals surface area contributed by atoms with Gasteiger partial charge in [0, 0.05) is 0 Å². The lowest BCUT2D eigenvalue weighted by Crippen LogP contribution is -2.26. The average molecular weight is 323 g/mol. The van der Waals surface area contributed by atoms with E-state index in [1.165, 1.54) is 0 Å². The number of rotatable bonds is 1. The molecule has 3 nitrogen and oxygen atoms in total. The van der Waals surface area contributed by atoms with E-state index in [1.807, 2.05) is 36.4 Å². The van der Waals surface area contributed by atoms with Crippen molar-refractivity contribution in [2.45, 2.75) is 26.4 Å². The van der Waals surface area contributed by atoms with Crippen LogP contribution in [0.3, 0.4) is 0 Å². The number of fused-ring (bicyclic) bond motifs is 1. The average Bonchev–Trinajstić information content (AvgIpc) is 2.27. The summed E-state index contributed by atoms with van der Waals surface area (Å²) >= 11 is 3.39. The van der Waals surface area contributed by atoms with Crippen LogP contribution in [0.25, 0.3) is 10.8 Å². The molecule has 100 valence electrons. The Bertz CT molecular complexity index is 614. The molecule has 0 bridgehead atoms. The molecule has 0 aliphatic heterocycles. The topological polar surface area (TPSA) is 35.5 Å². The molecule has 0 N–H and O–H groups in total. The van der Waals surface area contributed by atoms with Gasteiger partial charge in [-0.05, 0) is 59.6 Å². The van der Waals surface area contributed by atoms with Gasteiger partial charge in [-0.15, -0.1) is 0 Å². The third-order valence-electron chi connectivity index (χ3n) is 2.38. The zero-order chi connectivity index (χ0) is 14.0. The molecule has 0 amide bonds. The second kappa shape index (κ2) is 5.21. The molecular weight excluding hydrogens is 308 g/mol. The Morgan fingerprint density at radius 2 is 1.68 bits per heavy atom. The summed E-state index contributed by atoms with van der Waals surface area (Å²) in [5.41, 5.74) is -0.569. The third kappa shape index (κ3) is 3.70. The van der Waals surface area contributed by atoms with Crippen molar-refractivity contribution in [3.8, 4) is 5.75 Å². The highest BCUT2D eigenvalue weighted by Gasteiger charge is 2.19. The first kappa shape index (κ1) is 13.9. The van der Waals surface area contributed by atoms with Crippen LogP contribution in [-0.4, -0.2) is 11.8 Å². The van der Waals surface area contributed by atoms with Crippen LogP contribution in [0.5, 0.6) is 5.75 Å². The van der Waals surface area contributed by atoms with Crippen LogP contribution in [0.1, 0.15) is 20.8 Å². The van der Waals surface area contributed by atoms with Gasteiger partial charge in [0.25, 0.3) is 0 Å². The second-order valence-corrected chi connectivity index (χ2v) is 6.05. The summed E-state index contributed by atoms with van der Waals surface area (Å²) in [5.74, 6) is 0.452. The molecule has 0 aromatic heterocycles. The SMILES string of the molecule is CC(C)(C)OC(=O)Oc1cc2ccccc2cc1Br. The Labute approximate surface area is 120 Å². The Morgan fingerprint density at radius 1 is 1.11 bits per heavy atom. The van der Waals surface area contributed by atoms with Crippen LogP contribution in [-0.2, 0) is 4.74 Å². The fraction of sp³-hybridized carbons (Fsp3) is 0.267. The predicted molar refractivity (Wildman–Crippen MR) is 78.5 cm³/mol. The minimum Gasteiger partial charge on any atom is -0.428 e. The molecule has 0 radical (unpaired) electrons. The lowest BCUT2D eigenvalue weighted by molar-refractivity contribution is 0.0205. The van der Waals surface area contributed by atoms with Crippen molar-refractivity contribution < 1.29 is 14.3 Å². The first-order valence-electron chi connectivity index (χ1n) is 5.94. The highest BCUT2D eigenvalue weighted by molar-refractivity contribution is 9.10. The molecule has 0 saturated heterocycles. The molecule has 0 aliphatic rings. The van der Waals surface area contributed by atoms with Gasteiger partial charge in [0.1, 0.15) is 11.4 Å². The maximum atomic E-state index is 11.7. The second-order valence-electron chi connectivity index (χ2n) is 5.20. The van der Waals surface area contributed by atoms with Gasteiger partial charge in [0.15, 0.2) is 0 Å². The monoisotopic (exact) mass is 322 g/mol. The van der Waals surface area contributed by atoms with Crippen LogP contribution in [0, 0.1) is 0 Å². The summed E-state index contributed by atoms with van der Waals surface area (Å²) in [6.07, 6.45) is -0.705. The molecule has 0 spiro atoms. The van der Waals surface area contributed by atoms with Gasteiger partial charge in [-0.2, -0.15) is 0 Å². The molecule has 0 saturated carbocycles. The summed E-state index contributed by atoms with van der Waals surface area (Å²) in [7, 11) is 0.